The molecule has 1 atom stereocenters. The van der Waals surface area contributed by atoms with E-state index in [0.29, 0.717) is 6.73 Å². The molecule has 0 aromatic rings. The van der Waals surface area contributed by atoms with Gasteiger partial charge in [-0.2, -0.15) is 0 Å². The maximum atomic E-state index is 11.1. The van der Waals surface area contributed by atoms with Crippen molar-refractivity contribution in [3.05, 3.63) is 0 Å². The molecule has 6 heteroatoms. The van der Waals surface area contributed by atoms with Crippen LogP contribution in [0.25, 0.3) is 0 Å². The lowest BCUT2D eigenvalue weighted by molar-refractivity contribution is -0.137. The third-order valence-electron chi connectivity index (χ3n) is 1.76. The standard InChI is InChI=1S/C8H17NO4P/c1-4-9(5-2)7-13-14(11)6-8(10)12-3/h4-7H2,1-3H3/q+1. The molecule has 0 amide bonds. The number of carbonyl (C=O) groups is 1. The highest BCUT2D eigenvalue weighted by Crippen LogP contribution is 2.21. The minimum atomic E-state index is -1.94. The normalized spacial score (nSPS) is 11.6. The van der Waals surface area contributed by atoms with Gasteiger partial charge in [0.1, 0.15) is 0 Å². The van der Waals surface area contributed by atoms with Crippen LogP contribution in [0.2, 0.25) is 0 Å². The molecule has 14 heavy (non-hydrogen) atoms. The molecular weight excluding hydrogens is 205 g/mol. The van der Waals surface area contributed by atoms with Gasteiger partial charge in [-0.15, -0.1) is 4.52 Å². The van der Waals surface area contributed by atoms with Gasteiger partial charge < -0.3 is 4.74 Å². The summed E-state index contributed by atoms with van der Waals surface area (Å²) in [6.07, 6.45) is -0.174. The second kappa shape index (κ2) is 7.85. The first-order valence-electron chi connectivity index (χ1n) is 4.50. The molecule has 0 radical (unpaired) electrons. The molecular formula is C8H17NO4P+. The Morgan fingerprint density at radius 1 is 1.36 bits per heavy atom. The van der Waals surface area contributed by atoms with Crippen molar-refractivity contribution in [3.63, 3.8) is 0 Å². The van der Waals surface area contributed by atoms with Crippen molar-refractivity contribution >= 4 is 14.0 Å². The molecule has 5 nitrogen and oxygen atoms in total. The van der Waals surface area contributed by atoms with E-state index in [2.05, 4.69) is 4.74 Å². The summed E-state index contributed by atoms with van der Waals surface area (Å²) in [4.78, 5) is 12.7. The van der Waals surface area contributed by atoms with Crippen molar-refractivity contribution in [3.8, 4) is 0 Å². The Hall–Kier alpha value is -0.510. The third-order valence-corrected chi connectivity index (χ3v) is 2.68. The van der Waals surface area contributed by atoms with Crippen LogP contribution >= 0.6 is 8.03 Å². The van der Waals surface area contributed by atoms with Crippen LogP contribution in [0.5, 0.6) is 0 Å². The molecule has 0 aliphatic carbocycles. The number of esters is 1. The van der Waals surface area contributed by atoms with Crippen molar-refractivity contribution in [2.75, 3.05) is 33.1 Å². The fourth-order valence-electron chi connectivity index (χ4n) is 0.768. The smallest absolute Gasteiger partial charge is 0.466 e. The van der Waals surface area contributed by atoms with Crippen molar-refractivity contribution in [2.45, 2.75) is 13.8 Å². The van der Waals surface area contributed by atoms with Gasteiger partial charge in [-0.3, -0.25) is 4.90 Å². The van der Waals surface area contributed by atoms with Crippen molar-refractivity contribution < 1.29 is 18.6 Å². The summed E-state index contributed by atoms with van der Waals surface area (Å²) in [6, 6.07) is 0. The Kier molecular flexibility index (Phi) is 7.57. The van der Waals surface area contributed by atoms with Gasteiger partial charge in [0.2, 0.25) is 0 Å². The van der Waals surface area contributed by atoms with Crippen LogP contribution in [0.3, 0.4) is 0 Å². The second-order valence-corrected chi connectivity index (χ2v) is 3.87. The Labute approximate surface area is 85.2 Å². The lowest BCUT2D eigenvalue weighted by atomic mass is 10.6. The molecule has 0 rings (SSSR count). The summed E-state index contributed by atoms with van der Waals surface area (Å²) in [5.41, 5.74) is 0. The predicted octanol–water partition coefficient (Wildman–Crippen LogP) is 1.22. The van der Waals surface area contributed by atoms with E-state index in [9.17, 15) is 9.36 Å². The van der Waals surface area contributed by atoms with Gasteiger partial charge >= 0.3 is 14.0 Å². The molecule has 0 bridgehead atoms. The number of hydrogen-bond donors (Lipinski definition) is 0. The molecule has 0 N–H and O–H groups in total. The molecule has 0 aromatic heterocycles. The SMILES string of the molecule is CCN(CC)CO[P+](=O)CC(=O)OC. The quantitative estimate of drug-likeness (QED) is 0.368. The highest BCUT2D eigenvalue weighted by Gasteiger charge is 2.24. The molecule has 0 aliphatic heterocycles. The van der Waals surface area contributed by atoms with Gasteiger partial charge in [-0.25, -0.2) is 4.79 Å². The fraction of sp³-hybridized carbons (Fsp3) is 0.875. The fourth-order valence-corrected chi connectivity index (χ4v) is 1.49. The molecule has 82 valence electrons. The number of rotatable bonds is 7. The van der Waals surface area contributed by atoms with Crippen LogP contribution in [0, 0.1) is 0 Å². The van der Waals surface area contributed by atoms with Crippen molar-refractivity contribution in [2.24, 2.45) is 0 Å². The zero-order chi connectivity index (χ0) is 11.0. The van der Waals surface area contributed by atoms with Gasteiger partial charge in [-0.05, 0) is 17.7 Å². The third kappa shape index (κ3) is 6.02. The summed E-state index contributed by atoms with van der Waals surface area (Å²) in [7, 11) is -0.676. The molecule has 0 spiro atoms. The first-order valence-corrected chi connectivity index (χ1v) is 5.87. The van der Waals surface area contributed by atoms with Gasteiger partial charge in [0.15, 0.2) is 6.73 Å². The maximum absolute atomic E-state index is 11.1. The molecule has 0 heterocycles. The number of carbonyl (C=O) groups excluding carboxylic acids is 1. The zero-order valence-electron chi connectivity index (χ0n) is 8.86. The minimum absolute atomic E-state index is 0.174. The summed E-state index contributed by atoms with van der Waals surface area (Å²) in [5, 5.41) is 0. The monoisotopic (exact) mass is 222 g/mol. The van der Waals surface area contributed by atoms with E-state index in [1.54, 1.807) is 0 Å². The van der Waals surface area contributed by atoms with E-state index in [4.69, 9.17) is 4.52 Å². The Morgan fingerprint density at radius 2 is 1.93 bits per heavy atom. The molecule has 0 saturated heterocycles. The summed E-state index contributed by atoms with van der Waals surface area (Å²) in [5.74, 6) is -0.509. The van der Waals surface area contributed by atoms with E-state index in [-0.39, 0.29) is 6.16 Å². The Morgan fingerprint density at radius 3 is 2.36 bits per heavy atom. The molecule has 1 unspecified atom stereocenters. The second-order valence-electron chi connectivity index (χ2n) is 2.63. The highest BCUT2D eigenvalue weighted by molar-refractivity contribution is 7.40. The minimum Gasteiger partial charge on any atom is -0.466 e. The number of ether oxygens (including phenoxy) is 1. The molecule has 0 fully saturated rings. The Balaban J connectivity index is 3.67. The van der Waals surface area contributed by atoms with Crippen LogP contribution in [0.4, 0.5) is 0 Å². The van der Waals surface area contributed by atoms with Gasteiger partial charge in [0.25, 0.3) is 6.16 Å². The summed E-state index contributed by atoms with van der Waals surface area (Å²) >= 11 is 0. The van der Waals surface area contributed by atoms with Crippen LogP contribution in [0.15, 0.2) is 0 Å². The van der Waals surface area contributed by atoms with Gasteiger partial charge in [0, 0.05) is 0 Å². The van der Waals surface area contributed by atoms with Gasteiger partial charge in [-0.1, -0.05) is 13.8 Å². The van der Waals surface area contributed by atoms with E-state index < -0.39 is 14.0 Å². The van der Waals surface area contributed by atoms with Crippen molar-refractivity contribution in [1.82, 2.24) is 4.90 Å². The zero-order valence-corrected chi connectivity index (χ0v) is 9.75. The van der Waals surface area contributed by atoms with E-state index >= 15 is 0 Å². The van der Waals surface area contributed by atoms with Crippen LogP contribution in [0.1, 0.15) is 13.8 Å². The highest BCUT2D eigenvalue weighted by atomic mass is 31.1. The van der Waals surface area contributed by atoms with E-state index in [1.807, 2.05) is 18.7 Å². The van der Waals surface area contributed by atoms with Crippen LogP contribution < -0.4 is 0 Å². The first kappa shape index (κ1) is 13.5. The first-order chi connectivity index (χ1) is 6.63. The summed E-state index contributed by atoms with van der Waals surface area (Å²) < 4.78 is 20.5. The lowest BCUT2D eigenvalue weighted by Crippen LogP contribution is -2.24. The Bertz CT molecular complexity index is 194. The average Bonchev–Trinajstić information content (AvgIpc) is 2.19. The molecule has 0 aromatic carbocycles. The van der Waals surface area contributed by atoms with Gasteiger partial charge in [0.05, 0.1) is 7.11 Å². The van der Waals surface area contributed by atoms with E-state index in [0.717, 1.165) is 13.1 Å². The molecule has 0 saturated carbocycles. The largest absolute Gasteiger partial charge is 0.521 e. The van der Waals surface area contributed by atoms with E-state index in [1.165, 1.54) is 7.11 Å². The number of nitrogens with zero attached hydrogens (tertiary/aromatic N) is 1. The van der Waals surface area contributed by atoms with Crippen molar-refractivity contribution in [1.29, 1.82) is 0 Å². The maximum Gasteiger partial charge on any atom is 0.521 e. The topological polar surface area (TPSA) is 55.8 Å². The molecule has 0 aliphatic rings. The summed E-state index contributed by atoms with van der Waals surface area (Å²) in [6.45, 7) is 5.93. The number of methoxy groups -OCH3 is 1. The lowest BCUT2D eigenvalue weighted by Gasteiger charge is -2.12. The average molecular weight is 222 g/mol. The predicted molar refractivity (Wildman–Crippen MR) is 53.4 cm³/mol. The number of hydrogen-bond acceptors (Lipinski definition) is 5. The van der Waals surface area contributed by atoms with Crippen LogP contribution in [-0.4, -0.2) is 44.0 Å². The van der Waals surface area contributed by atoms with Crippen LogP contribution in [-0.2, 0) is 18.6 Å².